The summed E-state index contributed by atoms with van der Waals surface area (Å²) >= 11 is 0. The van der Waals surface area contributed by atoms with Crippen molar-refractivity contribution in [2.75, 3.05) is 6.61 Å². The highest BCUT2D eigenvalue weighted by Gasteiger charge is 2.32. The number of carboxylic acid groups (broad SMARTS) is 1. The van der Waals surface area contributed by atoms with Crippen LogP contribution < -0.4 is 4.74 Å². The quantitative estimate of drug-likeness (QED) is 0.880. The third kappa shape index (κ3) is 2.12. The minimum atomic E-state index is -0.925. The van der Waals surface area contributed by atoms with Crippen LogP contribution in [0.1, 0.15) is 31.4 Å². The van der Waals surface area contributed by atoms with Gasteiger partial charge in [0.05, 0.1) is 13.0 Å². The van der Waals surface area contributed by atoms with Crippen LogP contribution in [0.2, 0.25) is 0 Å². The zero-order valence-electron chi connectivity index (χ0n) is 9.92. The summed E-state index contributed by atoms with van der Waals surface area (Å²) in [5.74, 6) is -0.591. The minimum Gasteiger partial charge on any atom is -0.493 e. The van der Waals surface area contributed by atoms with Gasteiger partial charge in [-0.3, -0.25) is 4.79 Å². The van der Waals surface area contributed by atoms with Crippen molar-refractivity contribution in [2.24, 2.45) is 0 Å². The molecule has 0 unspecified atom stereocenters. The zero-order chi connectivity index (χ0) is 12.6. The fourth-order valence-electron chi connectivity index (χ4n) is 2.44. The molecule has 0 spiro atoms. The van der Waals surface area contributed by atoms with E-state index in [-0.39, 0.29) is 12.2 Å². The summed E-state index contributed by atoms with van der Waals surface area (Å²) in [5, 5.41) is 8.90. The summed E-state index contributed by atoms with van der Waals surface area (Å²) in [6.07, 6.45) is 0.547. The Morgan fingerprint density at radius 2 is 2.24 bits per heavy atom. The first kappa shape index (κ1) is 11.9. The van der Waals surface area contributed by atoms with Gasteiger partial charge in [0.1, 0.15) is 11.6 Å². The normalized spacial score (nSPS) is 14.3. The van der Waals surface area contributed by atoms with Gasteiger partial charge in [-0.1, -0.05) is 13.8 Å². The van der Waals surface area contributed by atoms with Gasteiger partial charge in [-0.25, -0.2) is 4.39 Å². The van der Waals surface area contributed by atoms with E-state index in [0.717, 1.165) is 5.56 Å². The Labute approximate surface area is 99.2 Å². The number of benzene rings is 1. The molecule has 1 aliphatic heterocycles. The highest BCUT2D eigenvalue weighted by molar-refractivity contribution is 5.69. The summed E-state index contributed by atoms with van der Waals surface area (Å²) in [6, 6.07) is 2.96. The van der Waals surface area contributed by atoms with Gasteiger partial charge in [-0.2, -0.15) is 0 Å². The van der Waals surface area contributed by atoms with Crippen molar-refractivity contribution in [2.45, 2.75) is 32.1 Å². The smallest absolute Gasteiger partial charge is 0.304 e. The summed E-state index contributed by atoms with van der Waals surface area (Å²) in [6.45, 7) is 4.03. The second kappa shape index (κ2) is 4.02. The monoisotopic (exact) mass is 238 g/mol. The average Bonchev–Trinajstić information content (AvgIpc) is 2.61. The first-order valence-corrected chi connectivity index (χ1v) is 5.58. The van der Waals surface area contributed by atoms with Crippen LogP contribution in [-0.2, 0) is 16.6 Å². The molecule has 1 aromatic carbocycles. The molecule has 4 heteroatoms. The van der Waals surface area contributed by atoms with Crippen molar-refractivity contribution in [1.29, 1.82) is 0 Å². The Kier molecular flexibility index (Phi) is 2.81. The van der Waals surface area contributed by atoms with Crippen LogP contribution in [0.5, 0.6) is 5.75 Å². The predicted octanol–water partition coefficient (Wildman–Crippen LogP) is 2.51. The molecule has 0 radical (unpaired) electrons. The standard InChI is InChI=1S/C13H15FO3/c1-13(2,7-11(15)16)12-8-5-6-17-10(8)4-3-9(12)14/h3-4H,5-7H2,1-2H3,(H,15,16). The van der Waals surface area contributed by atoms with Gasteiger partial charge in [0.2, 0.25) is 0 Å². The molecule has 0 aliphatic carbocycles. The van der Waals surface area contributed by atoms with Crippen molar-refractivity contribution in [3.63, 3.8) is 0 Å². The minimum absolute atomic E-state index is 0.0969. The maximum Gasteiger partial charge on any atom is 0.304 e. The number of carboxylic acids is 1. The number of hydrogen-bond donors (Lipinski definition) is 1. The van der Waals surface area contributed by atoms with Crippen LogP contribution in [0.25, 0.3) is 0 Å². The SMILES string of the molecule is CC(C)(CC(=O)O)c1c(F)ccc2c1CCO2. The molecule has 2 rings (SSSR count). The van der Waals surface area contributed by atoms with Gasteiger partial charge in [-0.15, -0.1) is 0 Å². The van der Waals surface area contributed by atoms with Gasteiger partial charge in [0.25, 0.3) is 0 Å². The molecule has 1 N–H and O–H groups in total. The Morgan fingerprint density at radius 3 is 2.88 bits per heavy atom. The lowest BCUT2D eigenvalue weighted by Crippen LogP contribution is -2.24. The molecule has 1 heterocycles. The molecule has 1 aliphatic rings. The highest BCUT2D eigenvalue weighted by Crippen LogP contribution is 2.38. The molecule has 0 atom stereocenters. The fourth-order valence-corrected chi connectivity index (χ4v) is 2.44. The molecule has 92 valence electrons. The molecule has 0 aromatic heterocycles. The van der Waals surface area contributed by atoms with Gasteiger partial charge in [0.15, 0.2) is 0 Å². The molecule has 0 fully saturated rings. The molecule has 0 saturated carbocycles. The number of hydrogen-bond acceptors (Lipinski definition) is 2. The van der Waals surface area contributed by atoms with E-state index in [4.69, 9.17) is 9.84 Å². The van der Waals surface area contributed by atoms with Crippen LogP contribution in [0, 0.1) is 5.82 Å². The van der Waals surface area contributed by atoms with Crippen molar-refractivity contribution >= 4 is 5.97 Å². The van der Waals surface area contributed by atoms with E-state index in [1.807, 2.05) is 0 Å². The van der Waals surface area contributed by atoms with E-state index in [9.17, 15) is 9.18 Å². The van der Waals surface area contributed by atoms with Crippen molar-refractivity contribution in [3.05, 3.63) is 29.1 Å². The largest absolute Gasteiger partial charge is 0.493 e. The van der Waals surface area contributed by atoms with Crippen LogP contribution >= 0.6 is 0 Å². The summed E-state index contributed by atoms with van der Waals surface area (Å²) < 4.78 is 19.3. The third-order valence-corrected chi connectivity index (χ3v) is 3.10. The van der Waals surface area contributed by atoms with Gasteiger partial charge >= 0.3 is 5.97 Å². The van der Waals surface area contributed by atoms with Gasteiger partial charge < -0.3 is 9.84 Å². The molecule has 0 amide bonds. The number of fused-ring (bicyclic) bond motifs is 1. The Balaban J connectivity index is 2.51. The maximum atomic E-state index is 13.9. The maximum absolute atomic E-state index is 13.9. The molecule has 1 aromatic rings. The second-order valence-electron chi connectivity index (χ2n) is 4.95. The summed E-state index contributed by atoms with van der Waals surface area (Å²) in [4.78, 5) is 10.8. The molecular weight excluding hydrogens is 223 g/mol. The lowest BCUT2D eigenvalue weighted by molar-refractivity contribution is -0.138. The lowest BCUT2D eigenvalue weighted by Gasteiger charge is -2.25. The number of halogens is 1. The topological polar surface area (TPSA) is 46.5 Å². The number of aliphatic carboxylic acids is 1. The Morgan fingerprint density at radius 1 is 1.53 bits per heavy atom. The van der Waals surface area contributed by atoms with Gasteiger partial charge in [-0.05, 0) is 12.1 Å². The molecule has 17 heavy (non-hydrogen) atoms. The molecular formula is C13H15FO3. The second-order valence-corrected chi connectivity index (χ2v) is 4.95. The van der Waals surface area contributed by atoms with Crippen molar-refractivity contribution < 1.29 is 19.0 Å². The van der Waals surface area contributed by atoms with E-state index in [0.29, 0.717) is 24.3 Å². The first-order valence-electron chi connectivity index (χ1n) is 5.58. The van der Waals surface area contributed by atoms with Crippen molar-refractivity contribution in [1.82, 2.24) is 0 Å². The average molecular weight is 238 g/mol. The highest BCUT2D eigenvalue weighted by atomic mass is 19.1. The van der Waals surface area contributed by atoms with E-state index in [2.05, 4.69) is 0 Å². The number of ether oxygens (including phenoxy) is 1. The summed E-state index contributed by atoms with van der Waals surface area (Å²) in [7, 11) is 0. The fraction of sp³-hybridized carbons (Fsp3) is 0.462. The third-order valence-electron chi connectivity index (χ3n) is 3.10. The predicted molar refractivity (Wildman–Crippen MR) is 60.9 cm³/mol. The number of carbonyl (C=O) groups is 1. The zero-order valence-corrected chi connectivity index (χ0v) is 9.92. The molecule has 0 bridgehead atoms. The molecule has 3 nitrogen and oxygen atoms in total. The van der Waals surface area contributed by atoms with Crippen LogP contribution in [0.4, 0.5) is 4.39 Å². The van der Waals surface area contributed by atoms with Crippen LogP contribution in [0.3, 0.4) is 0 Å². The molecule has 0 saturated heterocycles. The van der Waals surface area contributed by atoms with Gasteiger partial charge in [0, 0.05) is 23.0 Å². The Hall–Kier alpha value is -1.58. The first-order chi connectivity index (χ1) is 7.92. The van der Waals surface area contributed by atoms with E-state index in [1.54, 1.807) is 19.9 Å². The Bertz CT molecular complexity index is 466. The van der Waals surface area contributed by atoms with Crippen molar-refractivity contribution in [3.8, 4) is 5.75 Å². The summed E-state index contributed by atoms with van der Waals surface area (Å²) in [5.41, 5.74) is 0.570. The van der Waals surface area contributed by atoms with Crippen LogP contribution in [-0.4, -0.2) is 17.7 Å². The van der Waals surface area contributed by atoms with E-state index >= 15 is 0 Å². The van der Waals surface area contributed by atoms with Crippen LogP contribution in [0.15, 0.2) is 12.1 Å². The van der Waals surface area contributed by atoms with E-state index in [1.165, 1.54) is 6.07 Å². The number of rotatable bonds is 3. The van der Waals surface area contributed by atoms with E-state index < -0.39 is 11.4 Å². The lowest BCUT2D eigenvalue weighted by atomic mass is 9.78.